The third-order valence-corrected chi connectivity index (χ3v) is 4.10. The molecule has 1 aromatic heterocycles. The molecule has 0 radical (unpaired) electrons. The molecule has 2 aliphatic rings. The first-order valence-corrected chi connectivity index (χ1v) is 7.28. The Labute approximate surface area is 110 Å². The van der Waals surface area contributed by atoms with Crippen LogP contribution in [0, 0.1) is 5.92 Å². The Morgan fingerprint density at radius 3 is 2.83 bits per heavy atom. The molecule has 2 saturated carbocycles. The van der Waals surface area contributed by atoms with E-state index in [-0.39, 0.29) is 0 Å². The van der Waals surface area contributed by atoms with Crippen molar-refractivity contribution in [1.29, 1.82) is 0 Å². The molecule has 0 saturated heterocycles. The molecule has 2 fully saturated rings. The van der Waals surface area contributed by atoms with Gasteiger partial charge in [0, 0.05) is 24.7 Å². The van der Waals surface area contributed by atoms with Crippen LogP contribution in [-0.4, -0.2) is 24.5 Å². The highest BCUT2D eigenvalue weighted by molar-refractivity contribution is 5.13. The molecule has 18 heavy (non-hydrogen) atoms. The third kappa shape index (κ3) is 3.36. The van der Waals surface area contributed by atoms with Gasteiger partial charge in [-0.3, -0.25) is 4.90 Å². The normalized spacial score (nSPS) is 20.3. The Bertz CT molecular complexity index is 380. The fraction of sp³-hybridized carbons (Fsp3) is 0.733. The van der Waals surface area contributed by atoms with Crippen molar-refractivity contribution >= 4 is 0 Å². The van der Waals surface area contributed by atoms with Crippen molar-refractivity contribution in [2.75, 3.05) is 13.6 Å². The number of hydrogen-bond acceptors (Lipinski definition) is 3. The van der Waals surface area contributed by atoms with Gasteiger partial charge in [0.05, 0.1) is 12.8 Å². The molecule has 3 rings (SSSR count). The number of hydrogen-bond donors (Lipinski definition) is 1. The summed E-state index contributed by atoms with van der Waals surface area (Å²) in [5.74, 6) is 2.03. The van der Waals surface area contributed by atoms with Crippen molar-refractivity contribution in [3.63, 3.8) is 0 Å². The summed E-state index contributed by atoms with van der Waals surface area (Å²) in [5.41, 5.74) is 1.29. The first-order chi connectivity index (χ1) is 8.79. The number of nitrogens with one attached hydrogen (secondary N) is 1. The molecule has 0 unspecified atom stereocenters. The summed E-state index contributed by atoms with van der Waals surface area (Å²) < 4.78 is 5.64. The number of nitrogens with zero attached hydrogens (tertiary/aromatic N) is 1. The molecule has 2 aliphatic carbocycles. The quantitative estimate of drug-likeness (QED) is 0.804. The lowest BCUT2D eigenvalue weighted by Gasteiger charge is -2.29. The van der Waals surface area contributed by atoms with Crippen LogP contribution in [0.15, 0.2) is 16.7 Å². The first kappa shape index (κ1) is 12.2. The second-order valence-corrected chi connectivity index (χ2v) is 6.07. The minimum atomic E-state index is 0.768. The topological polar surface area (TPSA) is 28.4 Å². The van der Waals surface area contributed by atoms with E-state index < -0.39 is 0 Å². The highest BCUT2D eigenvalue weighted by atomic mass is 16.3. The van der Waals surface area contributed by atoms with Gasteiger partial charge in [0.1, 0.15) is 5.76 Å². The van der Waals surface area contributed by atoms with E-state index in [1.165, 1.54) is 44.2 Å². The molecule has 0 atom stereocenters. The molecule has 1 N–H and O–H groups in total. The van der Waals surface area contributed by atoms with Gasteiger partial charge in [-0.15, -0.1) is 0 Å². The lowest BCUT2D eigenvalue weighted by Crippen LogP contribution is -2.28. The molecule has 0 amide bonds. The van der Waals surface area contributed by atoms with Gasteiger partial charge in [0.2, 0.25) is 0 Å². The highest BCUT2D eigenvalue weighted by Gasteiger charge is 2.21. The summed E-state index contributed by atoms with van der Waals surface area (Å²) in [5, 5.41) is 3.52. The van der Waals surface area contributed by atoms with Gasteiger partial charge in [-0.05, 0) is 44.7 Å². The minimum Gasteiger partial charge on any atom is -0.468 e. The lowest BCUT2D eigenvalue weighted by molar-refractivity contribution is 0.191. The van der Waals surface area contributed by atoms with E-state index in [0.717, 1.165) is 30.8 Å². The molecule has 1 heterocycles. The standard InChI is InChI=1S/C15H24N2O/c1-17(9-12-3-2-4-12)10-15-7-13(11-18-15)8-16-14-5-6-14/h7,11-12,14,16H,2-6,8-10H2,1H3. The number of furan rings is 1. The van der Waals surface area contributed by atoms with Gasteiger partial charge in [0.25, 0.3) is 0 Å². The molecule has 0 spiro atoms. The van der Waals surface area contributed by atoms with Crippen LogP contribution >= 0.6 is 0 Å². The maximum Gasteiger partial charge on any atom is 0.118 e. The van der Waals surface area contributed by atoms with Gasteiger partial charge in [-0.2, -0.15) is 0 Å². The summed E-state index contributed by atoms with van der Waals surface area (Å²) in [6, 6.07) is 2.97. The summed E-state index contributed by atoms with van der Waals surface area (Å²) in [6.07, 6.45) is 8.85. The summed E-state index contributed by atoms with van der Waals surface area (Å²) in [6.45, 7) is 3.12. The molecule has 0 aliphatic heterocycles. The Hall–Kier alpha value is -0.800. The Morgan fingerprint density at radius 1 is 1.33 bits per heavy atom. The first-order valence-electron chi connectivity index (χ1n) is 7.28. The van der Waals surface area contributed by atoms with E-state index in [1.807, 2.05) is 6.26 Å². The average Bonchev–Trinajstić information content (AvgIpc) is 3.03. The van der Waals surface area contributed by atoms with E-state index in [0.29, 0.717) is 0 Å². The predicted molar refractivity (Wildman–Crippen MR) is 72.2 cm³/mol. The Kier molecular flexibility index (Phi) is 3.71. The zero-order valence-electron chi connectivity index (χ0n) is 11.3. The van der Waals surface area contributed by atoms with Crippen LogP contribution in [0.25, 0.3) is 0 Å². The largest absolute Gasteiger partial charge is 0.468 e. The van der Waals surface area contributed by atoms with Crippen LogP contribution in [0.4, 0.5) is 0 Å². The van der Waals surface area contributed by atoms with Crippen LogP contribution in [0.2, 0.25) is 0 Å². The van der Waals surface area contributed by atoms with E-state index in [1.54, 1.807) is 0 Å². The van der Waals surface area contributed by atoms with Gasteiger partial charge < -0.3 is 9.73 Å². The maximum absolute atomic E-state index is 5.64. The average molecular weight is 248 g/mol. The molecule has 3 heteroatoms. The Balaban J connectivity index is 1.42. The summed E-state index contributed by atoms with van der Waals surface area (Å²) in [7, 11) is 2.20. The fourth-order valence-electron chi connectivity index (χ4n) is 2.60. The van der Waals surface area contributed by atoms with Crippen molar-refractivity contribution in [1.82, 2.24) is 10.2 Å². The van der Waals surface area contributed by atoms with Crippen molar-refractivity contribution in [3.8, 4) is 0 Å². The monoisotopic (exact) mass is 248 g/mol. The second kappa shape index (κ2) is 5.45. The van der Waals surface area contributed by atoms with Crippen molar-refractivity contribution in [2.24, 2.45) is 5.92 Å². The molecule has 3 nitrogen and oxygen atoms in total. The Morgan fingerprint density at radius 2 is 2.17 bits per heavy atom. The second-order valence-electron chi connectivity index (χ2n) is 6.07. The third-order valence-electron chi connectivity index (χ3n) is 4.10. The van der Waals surface area contributed by atoms with Crippen LogP contribution < -0.4 is 5.32 Å². The maximum atomic E-state index is 5.64. The SMILES string of the molecule is CN(Cc1cc(CNC2CC2)co1)CC1CCC1. The minimum absolute atomic E-state index is 0.768. The molecule has 1 aromatic rings. The van der Waals surface area contributed by atoms with E-state index in [9.17, 15) is 0 Å². The van der Waals surface area contributed by atoms with Gasteiger partial charge in [0.15, 0.2) is 0 Å². The zero-order chi connectivity index (χ0) is 12.4. The van der Waals surface area contributed by atoms with Crippen LogP contribution in [-0.2, 0) is 13.1 Å². The molecule has 0 bridgehead atoms. The summed E-state index contributed by atoms with van der Waals surface area (Å²) in [4.78, 5) is 2.39. The van der Waals surface area contributed by atoms with Crippen LogP contribution in [0.1, 0.15) is 43.4 Å². The van der Waals surface area contributed by atoms with Crippen LogP contribution in [0.5, 0.6) is 0 Å². The molecular formula is C15H24N2O. The van der Waals surface area contributed by atoms with Crippen molar-refractivity contribution < 1.29 is 4.42 Å². The van der Waals surface area contributed by atoms with Crippen molar-refractivity contribution in [2.45, 2.75) is 51.2 Å². The highest BCUT2D eigenvalue weighted by Crippen LogP contribution is 2.27. The van der Waals surface area contributed by atoms with Gasteiger partial charge in [-0.25, -0.2) is 0 Å². The fourth-order valence-corrected chi connectivity index (χ4v) is 2.60. The van der Waals surface area contributed by atoms with Crippen LogP contribution in [0.3, 0.4) is 0 Å². The van der Waals surface area contributed by atoms with E-state index >= 15 is 0 Å². The lowest BCUT2D eigenvalue weighted by atomic mass is 9.85. The number of rotatable bonds is 7. The smallest absolute Gasteiger partial charge is 0.118 e. The summed E-state index contributed by atoms with van der Waals surface area (Å²) >= 11 is 0. The van der Waals surface area contributed by atoms with Crippen molar-refractivity contribution in [3.05, 3.63) is 23.7 Å². The molecule has 100 valence electrons. The van der Waals surface area contributed by atoms with Gasteiger partial charge >= 0.3 is 0 Å². The van der Waals surface area contributed by atoms with E-state index in [2.05, 4.69) is 23.3 Å². The molecule has 0 aromatic carbocycles. The zero-order valence-corrected chi connectivity index (χ0v) is 11.3. The molecular weight excluding hydrogens is 224 g/mol. The predicted octanol–water partition coefficient (Wildman–Crippen LogP) is 2.76. The van der Waals surface area contributed by atoms with Gasteiger partial charge in [-0.1, -0.05) is 6.42 Å². The van der Waals surface area contributed by atoms with E-state index in [4.69, 9.17) is 4.42 Å².